The maximum Gasteiger partial charge on any atom is 0.336 e. The second-order valence-corrected chi connectivity index (χ2v) is 7.73. The van der Waals surface area contributed by atoms with E-state index in [4.69, 9.17) is 9.40 Å². The van der Waals surface area contributed by atoms with Gasteiger partial charge in [0.2, 0.25) is 11.2 Å². The minimum Gasteiger partial charge on any atom is -0.501 e. The highest BCUT2D eigenvalue weighted by molar-refractivity contribution is 6.09. The zero-order valence-corrected chi connectivity index (χ0v) is 17.8. The molecule has 0 saturated carbocycles. The van der Waals surface area contributed by atoms with Gasteiger partial charge >= 0.3 is 5.97 Å². The summed E-state index contributed by atoms with van der Waals surface area (Å²) in [6.45, 7) is 1.62. The molecule has 8 heteroatoms. The molecule has 3 aromatic heterocycles. The molecule has 5 rings (SSSR count). The second-order valence-electron chi connectivity index (χ2n) is 7.73. The van der Waals surface area contributed by atoms with Crippen molar-refractivity contribution in [2.75, 3.05) is 0 Å². The summed E-state index contributed by atoms with van der Waals surface area (Å²) in [7, 11) is 1.82. The molecule has 0 aliphatic rings. The molecule has 0 aliphatic heterocycles. The van der Waals surface area contributed by atoms with Crippen molar-refractivity contribution in [3.63, 3.8) is 0 Å². The van der Waals surface area contributed by atoms with E-state index in [0.717, 1.165) is 11.1 Å². The van der Waals surface area contributed by atoms with Gasteiger partial charge in [0, 0.05) is 41.3 Å². The van der Waals surface area contributed by atoms with Crippen molar-refractivity contribution < 1.29 is 19.4 Å². The average Bonchev–Trinajstić information content (AvgIpc) is 3.38. The molecule has 0 amide bonds. The Labute approximate surface area is 187 Å². The normalized spacial score (nSPS) is 11.2. The van der Waals surface area contributed by atoms with Crippen molar-refractivity contribution in [2.45, 2.75) is 6.92 Å². The molecule has 0 radical (unpaired) electrons. The molecule has 0 fully saturated rings. The number of carbonyl (C=O) groups is 1. The second kappa shape index (κ2) is 7.52. The van der Waals surface area contributed by atoms with Crippen molar-refractivity contribution in [3.05, 3.63) is 82.3 Å². The van der Waals surface area contributed by atoms with Gasteiger partial charge in [0.15, 0.2) is 5.76 Å². The van der Waals surface area contributed by atoms with E-state index < -0.39 is 17.1 Å². The lowest BCUT2D eigenvalue weighted by molar-refractivity contribution is 0.0699. The first-order chi connectivity index (χ1) is 15.8. The lowest BCUT2D eigenvalue weighted by atomic mass is 10.1. The quantitative estimate of drug-likeness (QED) is 0.376. The minimum atomic E-state index is -1.05. The molecule has 0 unspecified atom stereocenters. The van der Waals surface area contributed by atoms with Gasteiger partial charge in [-0.2, -0.15) is 0 Å². The van der Waals surface area contributed by atoms with E-state index >= 15 is 0 Å². The Morgan fingerprint density at radius 3 is 2.61 bits per heavy atom. The number of nitrogens with one attached hydrogen (secondary N) is 1. The Hall–Kier alpha value is -4.59. The Bertz CT molecular complexity index is 1590. The van der Waals surface area contributed by atoms with Gasteiger partial charge in [0.1, 0.15) is 23.0 Å². The van der Waals surface area contributed by atoms with Gasteiger partial charge in [0.25, 0.3) is 0 Å². The third-order valence-corrected chi connectivity index (χ3v) is 5.52. The number of aromatic hydroxyl groups is 1. The monoisotopic (exact) mass is 441 g/mol. The van der Waals surface area contributed by atoms with Crippen molar-refractivity contribution in [1.82, 2.24) is 14.5 Å². The molecule has 3 heterocycles. The predicted octanol–water partition coefficient (Wildman–Crippen LogP) is 4.57. The van der Waals surface area contributed by atoms with Crippen LogP contribution in [0.3, 0.4) is 0 Å². The number of carboxylic acids is 1. The van der Waals surface area contributed by atoms with E-state index in [1.165, 1.54) is 6.07 Å². The number of benzene rings is 2. The summed E-state index contributed by atoms with van der Waals surface area (Å²) < 4.78 is 7.55. The molecule has 0 spiro atoms. The molecule has 8 nitrogen and oxygen atoms in total. The van der Waals surface area contributed by atoms with Crippen LogP contribution in [0.15, 0.2) is 70.0 Å². The first-order valence-electron chi connectivity index (χ1n) is 10.2. The maximum atomic E-state index is 12.2. The van der Waals surface area contributed by atoms with Crippen LogP contribution in [-0.4, -0.2) is 30.7 Å². The number of fused-ring (bicyclic) bond motifs is 1. The molecule has 0 bridgehead atoms. The van der Waals surface area contributed by atoms with Gasteiger partial charge in [0.05, 0.1) is 5.56 Å². The summed E-state index contributed by atoms with van der Waals surface area (Å²) in [4.78, 5) is 32.1. The molecule has 5 aromatic rings. The Morgan fingerprint density at radius 2 is 1.88 bits per heavy atom. The number of aromatic nitrogens is 3. The van der Waals surface area contributed by atoms with Crippen LogP contribution >= 0.6 is 0 Å². The predicted molar refractivity (Wildman–Crippen MR) is 123 cm³/mol. The summed E-state index contributed by atoms with van der Waals surface area (Å²) >= 11 is 0. The first kappa shape index (κ1) is 20.3. The van der Waals surface area contributed by atoms with Crippen molar-refractivity contribution in [2.24, 2.45) is 7.05 Å². The number of hydrogen-bond donors (Lipinski definition) is 3. The van der Waals surface area contributed by atoms with Gasteiger partial charge in [-0.1, -0.05) is 36.4 Å². The Balaban J connectivity index is 1.84. The van der Waals surface area contributed by atoms with Gasteiger partial charge in [-0.3, -0.25) is 4.79 Å². The van der Waals surface area contributed by atoms with Crippen LogP contribution in [0.1, 0.15) is 16.1 Å². The molecular weight excluding hydrogens is 422 g/mol. The number of aromatic amines is 1. The fourth-order valence-electron chi connectivity index (χ4n) is 4.05. The number of hydrogen-bond acceptors (Lipinski definition) is 5. The van der Waals surface area contributed by atoms with Gasteiger partial charge in [-0.15, -0.1) is 0 Å². The largest absolute Gasteiger partial charge is 0.501 e. The van der Waals surface area contributed by atoms with E-state index in [1.54, 1.807) is 25.3 Å². The molecule has 33 heavy (non-hydrogen) atoms. The Kier molecular flexibility index (Phi) is 4.63. The van der Waals surface area contributed by atoms with Crippen molar-refractivity contribution >= 4 is 16.9 Å². The molecule has 164 valence electrons. The van der Waals surface area contributed by atoms with E-state index in [2.05, 4.69) is 4.98 Å². The molecule has 0 atom stereocenters. The Morgan fingerprint density at radius 1 is 1.12 bits per heavy atom. The van der Waals surface area contributed by atoms with Crippen LogP contribution < -0.4 is 5.43 Å². The number of nitrogens with zero attached hydrogens (tertiary/aromatic N) is 2. The fourth-order valence-corrected chi connectivity index (χ4v) is 4.05. The van der Waals surface area contributed by atoms with Crippen LogP contribution in [0, 0.1) is 6.92 Å². The topological polar surface area (TPSA) is 121 Å². The zero-order valence-electron chi connectivity index (χ0n) is 17.8. The van der Waals surface area contributed by atoms with Crippen LogP contribution in [0.4, 0.5) is 0 Å². The van der Waals surface area contributed by atoms with E-state index in [0.29, 0.717) is 33.9 Å². The summed E-state index contributed by atoms with van der Waals surface area (Å²) in [5.41, 5.74) is 2.39. The van der Waals surface area contributed by atoms with Gasteiger partial charge < -0.3 is 24.2 Å². The van der Waals surface area contributed by atoms with Gasteiger partial charge in [-0.25, -0.2) is 9.78 Å². The summed E-state index contributed by atoms with van der Waals surface area (Å²) in [5, 5.41) is 20.8. The number of H-pyrrole nitrogens is 1. The number of imidazole rings is 1. The summed E-state index contributed by atoms with van der Waals surface area (Å²) in [6.07, 6.45) is 1.79. The smallest absolute Gasteiger partial charge is 0.336 e. The molecule has 2 aromatic carbocycles. The summed E-state index contributed by atoms with van der Waals surface area (Å²) in [6, 6.07) is 15.5. The van der Waals surface area contributed by atoms with Crippen molar-refractivity contribution in [3.8, 4) is 39.8 Å². The average molecular weight is 441 g/mol. The van der Waals surface area contributed by atoms with Crippen molar-refractivity contribution in [1.29, 1.82) is 0 Å². The van der Waals surface area contributed by atoms with Crippen LogP contribution in [-0.2, 0) is 7.05 Å². The lowest BCUT2D eigenvalue weighted by Gasteiger charge is -2.05. The fraction of sp³-hybridized carbons (Fsp3) is 0.0800. The number of carboxylic acid groups (broad SMARTS) is 1. The molecular formula is C25H19N3O5. The number of aryl methyl sites for hydroxylation is 2. The maximum absolute atomic E-state index is 12.2. The van der Waals surface area contributed by atoms with E-state index in [1.807, 2.05) is 48.0 Å². The highest BCUT2D eigenvalue weighted by atomic mass is 16.4. The van der Waals surface area contributed by atoms with Crippen LogP contribution in [0.2, 0.25) is 0 Å². The van der Waals surface area contributed by atoms with Crippen LogP contribution in [0.5, 0.6) is 5.75 Å². The molecule has 3 N–H and O–H groups in total. The van der Waals surface area contributed by atoms with Gasteiger partial charge in [-0.05, 0) is 19.1 Å². The SMILES string of the molecule is Cc1cc(=O)c(O)c(-c2[nH]c(-c3cn(C)c4cccc(C(=O)O)c34)nc2-c2ccccc2)o1. The number of aromatic carboxylic acids is 1. The minimum absolute atomic E-state index is 0.0312. The molecule has 0 aliphatic carbocycles. The third-order valence-electron chi connectivity index (χ3n) is 5.52. The summed E-state index contributed by atoms with van der Waals surface area (Å²) in [5.74, 6) is -0.896. The van der Waals surface area contributed by atoms with E-state index in [9.17, 15) is 19.8 Å². The van der Waals surface area contributed by atoms with E-state index in [-0.39, 0.29) is 11.3 Å². The third kappa shape index (κ3) is 3.28. The number of rotatable bonds is 4. The lowest BCUT2D eigenvalue weighted by Crippen LogP contribution is -2.01. The zero-order chi connectivity index (χ0) is 23.3. The van der Waals surface area contributed by atoms with Crippen LogP contribution in [0.25, 0.3) is 45.0 Å². The highest BCUT2D eigenvalue weighted by Crippen LogP contribution is 2.39. The standard InChI is InChI=1S/C25H19N3O5/c1-13-11-18(29)22(30)23(33-13)21-20(14-7-4-3-5-8-14)26-24(27-21)16-12-28(2)17-10-6-9-15(19(16)17)25(31)32/h3-12,30H,1-2H3,(H,26,27)(H,31,32). The highest BCUT2D eigenvalue weighted by Gasteiger charge is 2.24. The molecule has 0 saturated heterocycles. The first-order valence-corrected chi connectivity index (χ1v) is 10.2.